The van der Waals surface area contributed by atoms with Gasteiger partial charge in [0, 0.05) is 50.5 Å². The van der Waals surface area contributed by atoms with Crippen molar-refractivity contribution in [3.05, 3.63) is 52.1 Å². The number of fused-ring (bicyclic) bond motifs is 2. The Labute approximate surface area is 208 Å². The first kappa shape index (κ1) is 23.9. The molecule has 0 aliphatic carbocycles. The SMILES string of the molecule is CC[C@@H]1CN(c2cc(=O)n(C)c3cn(CC#N)nc23)[C@@H](C)CN1[C@H](C)c1ccn2nc(C)c(F)c2n1. The summed E-state index contributed by atoms with van der Waals surface area (Å²) < 4.78 is 19.1. The highest BCUT2D eigenvalue weighted by atomic mass is 19.1. The van der Waals surface area contributed by atoms with Gasteiger partial charge in [-0.05, 0) is 33.3 Å². The van der Waals surface area contributed by atoms with Gasteiger partial charge >= 0.3 is 0 Å². The monoisotopic (exact) mass is 491 g/mol. The van der Waals surface area contributed by atoms with Gasteiger partial charge in [-0.3, -0.25) is 14.4 Å². The molecule has 0 unspecified atom stereocenters. The molecule has 5 heterocycles. The maximum atomic E-state index is 14.5. The summed E-state index contributed by atoms with van der Waals surface area (Å²) in [5.41, 5.74) is 3.48. The third-order valence-electron chi connectivity index (χ3n) is 7.37. The predicted octanol–water partition coefficient (Wildman–Crippen LogP) is 2.80. The van der Waals surface area contributed by atoms with Crippen LogP contribution in [0.5, 0.6) is 0 Å². The van der Waals surface area contributed by atoms with E-state index in [-0.39, 0.29) is 41.7 Å². The van der Waals surface area contributed by atoms with Gasteiger partial charge in [-0.15, -0.1) is 0 Å². The Morgan fingerprint density at radius 1 is 1.31 bits per heavy atom. The maximum absolute atomic E-state index is 14.5. The third kappa shape index (κ3) is 3.82. The summed E-state index contributed by atoms with van der Waals surface area (Å²) in [7, 11) is 1.72. The lowest BCUT2D eigenvalue weighted by Gasteiger charge is -2.48. The van der Waals surface area contributed by atoms with Gasteiger partial charge in [-0.25, -0.2) is 13.9 Å². The molecule has 1 aliphatic heterocycles. The molecule has 1 aliphatic rings. The molecule has 0 aromatic carbocycles. The fourth-order valence-electron chi connectivity index (χ4n) is 5.28. The summed E-state index contributed by atoms with van der Waals surface area (Å²) in [4.78, 5) is 22.1. The number of anilines is 1. The standard InChI is InChI=1S/C25H30FN9O/c1-6-18-13-33(20-11-22(36)31(5)21-14-32(10-8-27)30-24(20)21)15(2)12-34(18)17(4)19-7-9-35-25(28-19)23(26)16(3)29-35/h7,9,11,14-15,17-18H,6,10,12-13H2,1-5H3/t15-,17+,18+/m0/s1. The van der Waals surface area contributed by atoms with Crippen LogP contribution in [0.3, 0.4) is 0 Å². The molecule has 0 radical (unpaired) electrons. The Balaban J connectivity index is 1.48. The molecule has 3 atom stereocenters. The Hall–Kier alpha value is -3.78. The van der Waals surface area contributed by atoms with Crippen molar-refractivity contribution in [1.82, 2.24) is 33.8 Å². The number of nitriles is 1. The number of rotatable bonds is 5. The van der Waals surface area contributed by atoms with E-state index in [1.165, 1.54) is 4.52 Å². The van der Waals surface area contributed by atoms with E-state index in [1.807, 2.05) is 6.07 Å². The Kier molecular flexibility index (Phi) is 6.00. The topological polar surface area (TPSA) is 100 Å². The molecule has 5 rings (SSSR count). The molecule has 0 bridgehead atoms. The number of hydrogen-bond acceptors (Lipinski definition) is 7. The van der Waals surface area contributed by atoms with Crippen molar-refractivity contribution in [3.63, 3.8) is 0 Å². The highest BCUT2D eigenvalue weighted by molar-refractivity contribution is 5.88. The summed E-state index contributed by atoms with van der Waals surface area (Å²) in [5, 5.41) is 17.9. The molecule has 1 saturated heterocycles. The van der Waals surface area contributed by atoms with Gasteiger partial charge in [-0.1, -0.05) is 6.92 Å². The number of aryl methyl sites for hydroxylation is 2. The lowest BCUT2D eigenvalue weighted by molar-refractivity contribution is 0.104. The molecule has 0 amide bonds. The Morgan fingerprint density at radius 3 is 2.81 bits per heavy atom. The van der Waals surface area contributed by atoms with Gasteiger partial charge in [0.1, 0.15) is 12.1 Å². The van der Waals surface area contributed by atoms with Crippen LogP contribution < -0.4 is 10.5 Å². The van der Waals surface area contributed by atoms with E-state index in [0.29, 0.717) is 23.3 Å². The van der Waals surface area contributed by atoms with Crippen molar-refractivity contribution in [3.8, 4) is 6.07 Å². The van der Waals surface area contributed by atoms with E-state index in [9.17, 15) is 9.18 Å². The van der Waals surface area contributed by atoms with E-state index in [1.54, 1.807) is 41.7 Å². The number of nitrogens with zero attached hydrogens (tertiary/aromatic N) is 9. The minimum absolute atomic E-state index is 0.0299. The van der Waals surface area contributed by atoms with Crippen LogP contribution >= 0.6 is 0 Å². The lowest BCUT2D eigenvalue weighted by Crippen LogP contribution is -2.58. The summed E-state index contributed by atoms with van der Waals surface area (Å²) >= 11 is 0. The fraction of sp³-hybridized carbons (Fsp3) is 0.480. The zero-order chi connectivity index (χ0) is 25.7. The van der Waals surface area contributed by atoms with Gasteiger partial charge in [0.2, 0.25) is 0 Å². The molecule has 36 heavy (non-hydrogen) atoms. The van der Waals surface area contributed by atoms with Crippen LogP contribution in [0, 0.1) is 24.1 Å². The predicted molar refractivity (Wildman–Crippen MR) is 134 cm³/mol. The second kappa shape index (κ2) is 9.02. The van der Waals surface area contributed by atoms with Crippen LogP contribution in [0.2, 0.25) is 0 Å². The highest BCUT2D eigenvalue weighted by Crippen LogP contribution is 2.33. The van der Waals surface area contributed by atoms with E-state index < -0.39 is 0 Å². The second-order valence-electron chi connectivity index (χ2n) is 9.60. The molecule has 10 nitrogen and oxygen atoms in total. The first-order valence-corrected chi connectivity index (χ1v) is 12.2. The average molecular weight is 492 g/mol. The summed E-state index contributed by atoms with van der Waals surface area (Å²) in [5.74, 6) is -0.389. The van der Waals surface area contributed by atoms with E-state index in [4.69, 9.17) is 5.26 Å². The lowest BCUT2D eigenvalue weighted by atomic mass is 10.00. The Bertz CT molecular complexity index is 1550. The fourth-order valence-corrected chi connectivity index (χ4v) is 5.28. The quantitative estimate of drug-likeness (QED) is 0.423. The van der Waals surface area contributed by atoms with Crippen molar-refractivity contribution >= 4 is 22.4 Å². The van der Waals surface area contributed by atoms with Gasteiger partial charge < -0.3 is 9.47 Å². The minimum Gasteiger partial charge on any atom is -0.364 e. The smallest absolute Gasteiger partial charge is 0.252 e. The molecule has 0 spiro atoms. The van der Waals surface area contributed by atoms with Crippen molar-refractivity contribution in [2.24, 2.45) is 7.05 Å². The molecule has 188 valence electrons. The number of piperazine rings is 1. The number of pyridine rings is 1. The van der Waals surface area contributed by atoms with Crippen molar-refractivity contribution in [1.29, 1.82) is 5.26 Å². The van der Waals surface area contributed by atoms with Crippen LogP contribution in [0.25, 0.3) is 16.7 Å². The van der Waals surface area contributed by atoms with Crippen molar-refractivity contribution in [2.75, 3.05) is 18.0 Å². The van der Waals surface area contributed by atoms with Crippen LogP contribution in [-0.2, 0) is 13.6 Å². The highest BCUT2D eigenvalue weighted by Gasteiger charge is 2.35. The Morgan fingerprint density at radius 2 is 2.08 bits per heavy atom. The zero-order valence-corrected chi connectivity index (χ0v) is 21.2. The van der Waals surface area contributed by atoms with E-state index in [0.717, 1.165) is 24.3 Å². The van der Waals surface area contributed by atoms with Gasteiger partial charge in [-0.2, -0.15) is 15.5 Å². The summed E-state index contributed by atoms with van der Waals surface area (Å²) in [6.07, 6.45) is 4.41. The summed E-state index contributed by atoms with van der Waals surface area (Å²) in [6.45, 7) is 9.59. The molecule has 4 aromatic rings. The normalized spacial score (nSPS) is 19.8. The van der Waals surface area contributed by atoms with Gasteiger partial charge in [0.05, 0.1) is 34.9 Å². The van der Waals surface area contributed by atoms with Crippen LogP contribution in [0.4, 0.5) is 10.1 Å². The number of hydrogen-bond donors (Lipinski definition) is 0. The maximum Gasteiger partial charge on any atom is 0.252 e. The van der Waals surface area contributed by atoms with Gasteiger partial charge in [0.15, 0.2) is 11.5 Å². The zero-order valence-electron chi connectivity index (χ0n) is 21.2. The average Bonchev–Trinajstić information content (AvgIpc) is 3.41. The van der Waals surface area contributed by atoms with Crippen LogP contribution in [0.15, 0.2) is 29.3 Å². The molecular weight excluding hydrogens is 461 g/mol. The largest absolute Gasteiger partial charge is 0.364 e. The first-order chi connectivity index (χ1) is 17.2. The number of aromatic nitrogens is 6. The molecule has 1 fully saturated rings. The molecule has 4 aromatic heterocycles. The molecule has 0 N–H and O–H groups in total. The third-order valence-corrected chi connectivity index (χ3v) is 7.37. The molecular formula is C25H30FN9O. The van der Waals surface area contributed by atoms with Crippen LogP contribution in [-0.4, -0.2) is 59.0 Å². The van der Waals surface area contributed by atoms with E-state index in [2.05, 4.69) is 51.8 Å². The van der Waals surface area contributed by atoms with Crippen molar-refractivity contribution < 1.29 is 4.39 Å². The van der Waals surface area contributed by atoms with Crippen molar-refractivity contribution in [2.45, 2.75) is 58.8 Å². The minimum atomic E-state index is -0.389. The summed E-state index contributed by atoms with van der Waals surface area (Å²) in [6, 6.07) is 5.90. The van der Waals surface area contributed by atoms with Crippen LogP contribution in [0.1, 0.15) is 44.6 Å². The second-order valence-corrected chi connectivity index (χ2v) is 9.60. The van der Waals surface area contributed by atoms with E-state index >= 15 is 0 Å². The molecule has 11 heteroatoms. The first-order valence-electron chi connectivity index (χ1n) is 12.2. The van der Waals surface area contributed by atoms with Gasteiger partial charge in [0.25, 0.3) is 5.56 Å². The number of halogens is 1. The molecule has 0 saturated carbocycles.